The highest BCUT2D eigenvalue weighted by Crippen LogP contribution is 2.22. The van der Waals surface area contributed by atoms with Gasteiger partial charge in [-0.2, -0.15) is 0 Å². The van der Waals surface area contributed by atoms with E-state index in [1.165, 1.54) is 11.1 Å². The first kappa shape index (κ1) is 21.0. The fourth-order valence-corrected chi connectivity index (χ4v) is 2.19. The van der Waals surface area contributed by atoms with E-state index in [0.717, 1.165) is 19.5 Å². The highest BCUT2D eigenvalue weighted by molar-refractivity contribution is 5.82. The Morgan fingerprint density at radius 3 is 2.16 bits per heavy atom. The molecule has 4 N–H and O–H groups in total. The van der Waals surface area contributed by atoms with Crippen LogP contribution in [0, 0.1) is 5.41 Å². The van der Waals surface area contributed by atoms with E-state index in [-0.39, 0.29) is 11.3 Å². The van der Waals surface area contributed by atoms with Crippen LogP contribution in [-0.2, 0) is 16.6 Å². The summed E-state index contributed by atoms with van der Waals surface area (Å²) in [5, 5.41) is 6.51. The molecule has 1 amide bonds. The third-order valence-electron chi connectivity index (χ3n) is 4.17. The van der Waals surface area contributed by atoms with Crippen molar-refractivity contribution in [1.82, 2.24) is 10.6 Å². The van der Waals surface area contributed by atoms with E-state index >= 15 is 0 Å². The number of hydrogen-bond acceptors (Lipinski definition) is 2. The summed E-state index contributed by atoms with van der Waals surface area (Å²) < 4.78 is 0. The summed E-state index contributed by atoms with van der Waals surface area (Å²) in [6.45, 7) is 14.2. The number of rotatable bonds is 7. The molecule has 0 fully saturated rings. The molecule has 5 heteroatoms. The fraction of sp³-hybridized carbons (Fsp3) is 0.600. The van der Waals surface area contributed by atoms with Crippen LogP contribution in [0.2, 0.25) is 0 Å². The number of nitrogens with zero attached hydrogens (tertiary/aromatic N) is 1. The van der Waals surface area contributed by atoms with Gasteiger partial charge in [0.05, 0.1) is 12.0 Å². The molecule has 1 aromatic carbocycles. The van der Waals surface area contributed by atoms with Crippen molar-refractivity contribution < 1.29 is 4.79 Å². The molecule has 1 rings (SSSR count). The van der Waals surface area contributed by atoms with Crippen molar-refractivity contribution in [2.75, 3.05) is 19.6 Å². The summed E-state index contributed by atoms with van der Waals surface area (Å²) >= 11 is 0. The third kappa shape index (κ3) is 7.16. The number of carbonyl (C=O) groups excluding carboxylic acids is 1. The fourth-order valence-electron chi connectivity index (χ4n) is 2.19. The van der Waals surface area contributed by atoms with Gasteiger partial charge in [-0.05, 0) is 43.7 Å². The quantitative estimate of drug-likeness (QED) is 0.524. The van der Waals surface area contributed by atoms with Gasteiger partial charge in [-0.25, -0.2) is 0 Å². The minimum Gasteiger partial charge on any atom is -0.369 e. The summed E-state index contributed by atoms with van der Waals surface area (Å²) in [4.78, 5) is 15.9. The van der Waals surface area contributed by atoms with Crippen LogP contribution < -0.4 is 16.4 Å². The van der Waals surface area contributed by atoms with Crippen molar-refractivity contribution in [1.29, 1.82) is 0 Å². The number of carbonyl (C=O) groups is 1. The van der Waals surface area contributed by atoms with Crippen LogP contribution in [0.3, 0.4) is 0 Å². The Bertz CT molecular complexity index is 583. The molecule has 0 radical (unpaired) electrons. The van der Waals surface area contributed by atoms with E-state index in [1.807, 2.05) is 6.92 Å². The number of primary amides is 1. The van der Waals surface area contributed by atoms with Gasteiger partial charge in [0.15, 0.2) is 5.96 Å². The summed E-state index contributed by atoms with van der Waals surface area (Å²) in [6.07, 6.45) is 0.911. The molecule has 0 unspecified atom stereocenters. The van der Waals surface area contributed by atoms with Crippen molar-refractivity contribution in [3.05, 3.63) is 35.4 Å². The molecule has 0 aliphatic rings. The average Bonchev–Trinajstić information content (AvgIpc) is 2.52. The molecule has 25 heavy (non-hydrogen) atoms. The van der Waals surface area contributed by atoms with Gasteiger partial charge in [0.25, 0.3) is 0 Å². The van der Waals surface area contributed by atoms with Crippen LogP contribution in [0.1, 0.15) is 52.7 Å². The SMILES string of the molecule is CCNC(=NCC(C)(C)C(N)=O)NCCc1ccc(C(C)(C)C)cc1. The minimum absolute atomic E-state index is 0.175. The summed E-state index contributed by atoms with van der Waals surface area (Å²) in [6, 6.07) is 8.76. The Balaban J connectivity index is 2.59. The first-order valence-corrected chi connectivity index (χ1v) is 8.98. The standard InChI is InChI=1S/C20H34N4O/c1-7-22-18(24-14-20(5,6)17(21)25)23-13-12-15-8-10-16(11-9-15)19(2,3)4/h8-11H,7,12-14H2,1-6H3,(H2,21,25)(H2,22,23,24). The van der Waals surface area contributed by atoms with Crippen LogP contribution in [0.25, 0.3) is 0 Å². The first-order valence-electron chi connectivity index (χ1n) is 8.98. The van der Waals surface area contributed by atoms with Crippen LogP contribution in [0.4, 0.5) is 0 Å². The lowest BCUT2D eigenvalue weighted by molar-refractivity contribution is -0.125. The average molecular weight is 347 g/mol. The van der Waals surface area contributed by atoms with Gasteiger partial charge in [-0.15, -0.1) is 0 Å². The molecule has 0 aliphatic carbocycles. The normalized spacial score (nSPS) is 12.8. The highest BCUT2D eigenvalue weighted by Gasteiger charge is 2.24. The number of amides is 1. The number of benzene rings is 1. The zero-order chi connectivity index (χ0) is 19.1. The lowest BCUT2D eigenvalue weighted by atomic mass is 9.86. The minimum atomic E-state index is -0.648. The predicted molar refractivity (Wildman–Crippen MR) is 106 cm³/mol. The van der Waals surface area contributed by atoms with Gasteiger partial charge < -0.3 is 16.4 Å². The van der Waals surface area contributed by atoms with E-state index < -0.39 is 5.41 Å². The monoisotopic (exact) mass is 346 g/mol. The molecule has 0 heterocycles. The van der Waals surface area contributed by atoms with Gasteiger partial charge in [0, 0.05) is 13.1 Å². The maximum Gasteiger partial charge on any atom is 0.224 e. The summed E-state index contributed by atoms with van der Waals surface area (Å²) in [5.41, 5.74) is 7.55. The van der Waals surface area contributed by atoms with Crippen LogP contribution in [0.5, 0.6) is 0 Å². The molecule has 1 aromatic rings. The van der Waals surface area contributed by atoms with Crippen molar-refractivity contribution in [3.8, 4) is 0 Å². The zero-order valence-corrected chi connectivity index (χ0v) is 16.6. The van der Waals surface area contributed by atoms with Crippen LogP contribution >= 0.6 is 0 Å². The van der Waals surface area contributed by atoms with Gasteiger partial charge in [0.2, 0.25) is 5.91 Å². The van der Waals surface area contributed by atoms with Crippen molar-refractivity contribution in [2.45, 2.75) is 53.4 Å². The van der Waals surface area contributed by atoms with Crippen LogP contribution in [-0.4, -0.2) is 31.5 Å². The second-order valence-electron chi connectivity index (χ2n) is 8.07. The van der Waals surface area contributed by atoms with Crippen molar-refractivity contribution in [3.63, 3.8) is 0 Å². The second kappa shape index (κ2) is 8.88. The topological polar surface area (TPSA) is 79.5 Å². The van der Waals surface area contributed by atoms with Crippen LogP contribution in [0.15, 0.2) is 29.3 Å². The van der Waals surface area contributed by atoms with E-state index in [0.29, 0.717) is 12.5 Å². The summed E-state index contributed by atoms with van der Waals surface area (Å²) in [7, 11) is 0. The van der Waals surface area contributed by atoms with Gasteiger partial charge in [0.1, 0.15) is 0 Å². The first-order chi connectivity index (χ1) is 11.6. The summed E-state index contributed by atoms with van der Waals surface area (Å²) in [5.74, 6) is 0.370. The zero-order valence-electron chi connectivity index (χ0n) is 16.6. The molecular formula is C20H34N4O. The molecule has 0 saturated heterocycles. The maximum absolute atomic E-state index is 11.4. The largest absolute Gasteiger partial charge is 0.369 e. The van der Waals surface area contributed by atoms with Crippen molar-refractivity contribution >= 4 is 11.9 Å². The van der Waals surface area contributed by atoms with E-state index in [9.17, 15) is 4.79 Å². The highest BCUT2D eigenvalue weighted by atomic mass is 16.1. The molecule has 0 atom stereocenters. The molecule has 140 valence electrons. The molecule has 5 nitrogen and oxygen atoms in total. The number of guanidine groups is 1. The Hall–Kier alpha value is -2.04. The predicted octanol–water partition coefficient (Wildman–Crippen LogP) is 2.59. The molecule has 0 aliphatic heterocycles. The van der Waals surface area contributed by atoms with E-state index in [4.69, 9.17) is 5.73 Å². The van der Waals surface area contributed by atoms with Gasteiger partial charge >= 0.3 is 0 Å². The lowest BCUT2D eigenvalue weighted by Gasteiger charge is -2.20. The number of hydrogen-bond donors (Lipinski definition) is 3. The molecular weight excluding hydrogens is 312 g/mol. The Labute approximate surface area is 152 Å². The smallest absolute Gasteiger partial charge is 0.224 e. The maximum atomic E-state index is 11.4. The van der Waals surface area contributed by atoms with E-state index in [2.05, 4.69) is 60.7 Å². The number of nitrogens with one attached hydrogen (secondary N) is 2. The molecule has 0 spiro atoms. The molecule has 0 saturated carbocycles. The Morgan fingerprint density at radius 1 is 1.08 bits per heavy atom. The number of aliphatic imine (C=N–C) groups is 1. The lowest BCUT2D eigenvalue weighted by Crippen LogP contribution is -2.40. The molecule has 0 bridgehead atoms. The Morgan fingerprint density at radius 2 is 1.68 bits per heavy atom. The van der Waals surface area contributed by atoms with E-state index in [1.54, 1.807) is 13.8 Å². The van der Waals surface area contributed by atoms with Crippen molar-refractivity contribution in [2.24, 2.45) is 16.1 Å². The molecule has 0 aromatic heterocycles. The third-order valence-corrected chi connectivity index (χ3v) is 4.17. The second-order valence-corrected chi connectivity index (χ2v) is 8.07. The van der Waals surface area contributed by atoms with Gasteiger partial charge in [-0.3, -0.25) is 9.79 Å². The number of nitrogens with two attached hydrogens (primary N) is 1. The van der Waals surface area contributed by atoms with Gasteiger partial charge in [-0.1, -0.05) is 45.0 Å². The Kier molecular flexibility index (Phi) is 7.46.